The second kappa shape index (κ2) is 6.32. The number of aryl methyl sites for hydroxylation is 1. The highest BCUT2D eigenvalue weighted by Gasteiger charge is 2.50. The Morgan fingerprint density at radius 1 is 1.32 bits per heavy atom. The van der Waals surface area contributed by atoms with Crippen molar-refractivity contribution in [3.8, 4) is 11.8 Å². The average Bonchev–Trinajstić information content (AvgIpc) is 3.13. The highest BCUT2D eigenvalue weighted by molar-refractivity contribution is 6.06. The van der Waals surface area contributed by atoms with Crippen LogP contribution >= 0.6 is 0 Å². The first-order valence-corrected chi connectivity index (χ1v) is 7.78. The van der Waals surface area contributed by atoms with Gasteiger partial charge in [0.25, 0.3) is 5.91 Å². The van der Waals surface area contributed by atoms with Gasteiger partial charge in [-0.1, -0.05) is 6.07 Å². The second-order valence-electron chi connectivity index (χ2n) is 5.91. The molecule has 1 saturated heterocycles. The van der Waals surface area contributed by atoms with Crippen LogP contribution < -0.4 is 10.1 Å². The van der Waals surface area contributed by atoms with Gasteiger partial charge in [-0.15, -0.1) is 0 Å². The number of furan rings is 1. The molecule has 7 nitrogen and oxygen atoms in total. The number of hydrogen-bond acceptors (Lipinski definition) is 5. The third-order valence-corrected chi connectivity index (χ3v) is 4.05. The number of carbonyl (C=O) groups excluding carboxylic acids is 2. The molecule has 1 fully saturated rings. The predicted molar refractivity (Wildman–Crippen MR) is 87.7 cm³/mol. The van der Waals surface area contributed by atoms with Crippen molar-refractivity contribution in [3.63, 3.8) is 0 Å². The van der Waals surface area contributed by atoms with Crippen LogP contribution in [0.1, 0.15) is 24.0 Å². The summed E-state index contributed by atoms with van der Waals surface area (Å²) >= 11 is 0. The van der Waals surface area contributed by atoms with Crippen molar-refractivity contribution in [2.45, 2.75) is 19.4 Å². The van der Waals surface area contributed by atoms with Crippen molar-refractivity contribution in [1.29, 1.82) is 5.26 Å². The predicted octanol–water partition coefficient (Wildman–Crippen LogP) is 2.31. The molecule has 1 N–H and O–H groups in total. The molecule has 3 amide bonds. The Morgan fingerprint density at radius 3 is 2.80 bits per heavy atom. The summed E-state index contributed by atoms with van der Waals surface area (Å²) < 4.78 is 11.0. The molecule has 0 radical (unpaired) electrons. The first-order chi connectivity index (χ1) is 11.9. The van der Waals surface area contributed by atoms with Crippen LogP contribution in [0, 0.1) is 18.3 Å². The van der Waals surface area contributed by atoms with Gasteiger partial charge in [-0.3, -0.25) is 9.69 Å². The Kier molecular flexibility index (Phi) is 4.19. The smallest absolute Gasteiger partial charge is 0.325 e. The first kappa shape index (κ1) is 16.6. The Labute approximate surface area is 144 Å². The minimum atomic E-state index is -1.22. The van der Waals surface area contributed by atoms with Crippen LogP contribution in [0.2, 0.25) is 0 Å². The van der Waals surface area contributed by atoms with E-state index < -0.39 is 11.6 Å². The van der Waals surface area contributed by atoms with Crippen molar-refractivity contribution < 1.29 is 18.7 Å². The minimum Gasteiger partial charge on any atom is -0.492 e. The van der Waals surface area contributed by atoms with Crippen LogP contribution in [0.3, 0.4) is 0 Å². The summed E-state index contributed by atoms with van der Waals surface area (Å²) in [6.07, 6.45) is 0. The van der Waals surface area contributed by atoms with Crippen molar-refractivity contribution in [3.05, 3.63) is 53.5 Å². The molecule has 7 heteroatoms. The maximum absolute atomic E-state index is 12.7. The summed E-state index contributed by atoms with van der Waals surface area (Å²) in [5, 5.41) is 11.5. The molecule has 0 aliphatic carbocycles. The van der Waals surface area contributed by atoms with Crippen LogP contribution in [-0.2, 0) is 10.3 Å². The zero-order valence-electron chi connectivity index (χ0n) is 13.9. The number of nitrogens with zero attached hydrogens (tertiary/aromatic N) is 2. The van der Waals surface area contributed by atoms with E-state index >= 15 is 0 Å². The third-order valence-electron chi connectivity index (χ3n) is 4.05. The fraction of sp³-hybridized carbons (Fsp3) is 0.278. The molecule has 2 heterocycles. The molecular formula is C18H17N3O4. The Bertz CT molecular complexity index is 867. The topological polar surface area (TPSA) is 95.6 Å². The van der Waals surface area contributed by atoms with Crippen molar-refractivity contribution in [1.82, 2.24) is 10.2 Å². The second-order valence-corrected chi connectivity index (χ2v) is 5.91. The highest BCUT2D eigenvalue weighted by atomic mass is 16.5. The number of imide groups is 1. The Morgan fingerprint density at radius 2 is 2.12 bits per heavy atom. The lowest BCUT2D eigenvalue weighted by Gasteiger charge is -2.19. The molecule has 1 aromatic carbocycles. The van der Waals surface area contributed by atoms with Gasteiger partial charge in [0.15, 0.2) is 5.54 Å². The summed E-state index contributed by atoms with van der Waals surface area (Å²) in [5.41, 5.74) is -0.736. The standard InChI is InChI=1S/C18H17N3O4/c1-12-6-7-15(25-12)18(2)16(22)21(17(23)20-18)8-9-24-14-5-3-4-13(10-14)11-19/h3-7,10H,8-9H2,1-2H3,(H,20,23)/t18-/m0/s1. The van der Waals surface area contributed by atoms with Gasteiger partial charge in [-0.2, -0.15) is 5.26 Å². The normalized spacial score (nSPS) is 19.6. The minimum absolute atomic E-state index is 0.0940. The van der Waals surface area contributed by atoms with E-state index in [1.807, 2.05) is 6.07 Å². The molecule has 1 aromatic heterocycles. The Hall–Kier alpha value is -3.27. The van der Waals surface area contributed by atoms with E-state index in [9.17, 15) is 9.59 Å². The number of ether oxygens (including phenoxy) is 1. The molecule has 128 valence electrons. The third kappa shape index (κ3) is 3.06. The van der Waals surface area contributed by atoms with Gasteiger partial charge < -0.3 is 14.5 Å². The highest BCUT2D eigenvalue weighted by Crippen LogP contribution is 2.30. The lowest BCUT2D eigenvalue weighted by atomic mass is 9.99. The van der Waals surface area contributed by atoms with E-state index in [1.54, 1.807) is 50.2 Å². The maximum Gasteiger partial charge on any atom is 0.325 e. The molecular weight excluding hydrogens is 322 g/mol. The van der Waals surface area contributed by atoms with Gasteiger partial charge in [0.2, 0.25) is 0 Å². The van der Waals surface area contributed by atoms with E-state index in [4.69, 9.17) is 14.4 Å². The van der Waals surface area contributed by atoms with Crippen molar-refractivity contribution in [2.75, 3.05) is 13.2 Å². The van der Waals surface area contributed by atoms with Crippen LogP contribution in [-0.4, -0.2) is 30.0 Å². The molecule has 0 bridgehead atoms. The Balaban J connectivity index is 1.66. The number of amides is 3. The number of nitriles is 1. The van der Waals surface area contributed by atoms with Gasteiger partial charge in [-0.25, -0.2) is 4.79 Å². The van der Waals surface area contributed by atoms with Gasteiger partial charge >= 0.3 is 6.03 Å². The molecule has 1 atom stereocenters. The fourth-order valence-electron chi connectivity index (χ4n) is 2.68. The quantitative estimate of drug-likeness (QED) is 0.843. The summed E-state index contributed by atoms with van der Waals surface area (Å²) in [5.74, 6) is 1.18. The van der Waals surface area contributed by atoms with Crippen LogP contribution in [0.4, 0.5) is 4.79 Å². The molecule has 0 spiro atoms. The zero-order valence-corrected chi connectivity index (χ0v) is 13.9. The summed E-state index contributed by atoms with van der Waals surface area (Å²) in [7, 11) is 0. The van der Waals surface area contributed by atoms with E-state index in [1.165, 1.54) is 0 Å². The van der Waals surface area contributed by atoms with Gasteiger partial charge in [0.05, 0.1) is 18.2 Å². The number of benzene rings is 1. The number of urea groups is 1. The molecule has 1 aliphatic heterocycles. The van der Waals surface area contributed by atoms with E-state index in [0.29, 0.717) is 22.8 Å². The fourth-order valence-corrected chi connectivity index (χ4v) is 2.68. The molecule has 1 aliphatic rings. The monoisotopic (exact) mass is 339 g/mol. The van der Waals surface area contributed by atoms with Crippen LogP contribution in [0.5, 0.6) is 5.75 Å². The zero-order chi connectivity index (χ0) is 18.0. The number of nitrogens with one attached hydrogen (secondary N) is 1. The van der Waals surface area contributed by atoms with Gasteiger partial charge in [-0.05, 0) is 44.2 Å². The van der Waals surface area contributed by atoms with E-state index in [-0.39, 0.29) is 19.1 Å². The van der Waals surface area contributed by atoms with Gasteiger partial charge in [0, 0.05) is 0 Å². The molecule has 0 saturated carbocycles. The molecule has 25 heavy (non-hydrogen) atoms. The summed E-state index contributed by atoms with van der Waals surface area (Å²) in [6.45, 7) is 3.61. The van der Waals surface area contributed by atoms with Crippen LogP contribution in [0.25, 0.3) is 0 Å². The number of rotatable bonds is 5. The number of carbonyl (C=O) groups is 2. The average molecular weight is 339 g/mol. The maximum atomic E-state index is 12.7. The van der Waals surface area contributed by atoms with Crippen molar-refractivity contribution in [2.24, 2.45) is 0 Å². The van der Waals surface area contributed by atoms with E-state index in [0.717, 1.165) is 4.90 Å². The lowest BCUT2D eigenvalue weighted by molar-refractivity contribution is -0.131. The molecule has 0 unspecified atom stereocenters. The lowest BCUT2D eigenvalue weighted by Crippen LogP contribution is -2.41. The molecule has 3 rings (SSSR count). The summed E-state index contributed by atoms with van der Waals surface area (Å²) in [4.78, 5) is 26.0. The van der Waals surface area contributed by atoms with Crippen molar-refractivity contribution >= 4 is 11.9 Å². The summed E-state index contributed by atoms with van der Waals surface area (Å²) in [6, 6.07) is 11.6. The van der Waals surface area contributed by atoms with Crippen LogP contribution in [0.15, 0.2) is 40.8 Å². The molecule has 2 aromatic rings. The SMILES string of the molecule is Cc1ccc([C@]2(C)NC(=O)N(CCOc3cccc(C#N)c3)C2=O)o1. The van der Waals surface area contributed by atoms with Gasteiger partial charge in [0.1, 0.15) is 23.9 Å². The van der Waals surface area contributed by atoms with E-state index in [2.05, 4.69) is 5.32 Å². The first-order valence-electron chi connectivity index (χ1n) is 7.78. The number of hydrogen-bond donors (Lipinski definition) is 1. The largest absolute Gasteiger partial charge is 0.492 e.